The smallest absolute Gasteiger partial charge is 0.325 e. The van der Waals surface area contributed by atoms with Gasteiger partial charge in [0.15, 0.2) is 0 Å². The Morgan fingerprint density at radius 3 is 2.60 bits per heavy atom. The average molecular weight is 412 g/mol. The molecule has 158 valence electrons. The molecule has 0 unspecified atom stereocenters. The van der Waals surface area contributed by atoms with Gasteiger partial charge in [-0.15, -0.1) is 0 Å². The third-order valence-corrected chi connectivity index (χ3v) is 4.77. The molecule has 2 heterocycles. The van der Waals surface area contributed by atoms with Gasteiger partial charge in [0.05, 0.1) is 0 Å². The van der Waals surface area contributed by atoms with Crippen LogP contribution in [0.4, 0.5) is 4.79 Å². The fourth-order valence-corrected chi connectivity index (χ4v) is 3.19. The van der Waals surface area contributed by atoms with Gasteiger partial charge >= 0.3 is 6.03 Å². The van der Waals surface area contributed by atoms with Crippen molar-refractivity contribution in [3.05, 3.63) is 41.7 Å². The van der Waals surface area contributed by atoms with E-state index >= 15 is 0 Å². The van der Waals surface area contributed by atoms with Gasteiger partial charge in [0.25, 0.3) is 11.8 Å². The molecule has 0 spiro atoms. The molecule has 30 heavy (non-hydrogen) atoms. The summed E-state index contributed by atoms with van der Waals surface area (Å²) in [5, 5.41) is 3.44. The summed E-state index contributed by atoms with van der Waals surface area (Å²) in [6, 6.07) is 7.00. The molecular weight excluding hydrogens is 388 g/mol. The van der Waals surface area contributed by atoms with E-state index in [2.05, 4.69) is 16.2 Å². The lowest BCUT2D eigenvalue weighted by molar-refractivity contribution is -0.131. The Balaban J connectivity index is 1.52. The van der Waals surface area contributed by atoms with Crippen molar-refractivity contribution in [2.75, 3.05) is 6.54 Å². The summed E-state index contributed by atoms with van der Waals surface area (Å²) in [5.41, 5.74) is 5.13. The normalized spacial score (nSPS) is 15.6. The number of carbonyl (C=O) groups excluding carboxylic acids is 4. The number of carbonyl (C=O) groups is 4. The van der Waals surface area contributed by atoms with E-state index < -0.39 is 29.3 Å². The topological polar surface area (TPSA) is 121 Å². The monoisotopic (exact) mass is 412 g/mol. The minimum Gasteiger partial charge on any atom is -0.460 e. The molecule has 5 amide bonds. The van der Waals surface area contributed by atoms with Crippen molar-refractivity contribution in [3.8, 4) is 0 Å². The number of benzene rings is 1. The van der Waals surface area contributed by atoms with Crippen LogP contribution in [0.25, 0.3) is 17.0 Å². The van der Waals surface area contributed by atoms with Crippen LogP contribution in [-0.2, 0) is 20.8 Å². The Kier molecular flexibility index (Phi) is 5.91. The van der Waals surface area contributed by atoms with Crippen molar-refractivity contribution < 1.29 is 23.6 Å². The maximum absolute atomic E-state index is 12.1. The van der Waals surface area contributed by atoms with E-state index in [9.17, 15) is 19.2 Å². The van der Waals surface area contributed by atoms with E-state index in [1.165, 1.54) is 6.08 Å². The molecule has 3 rings (SSSR count). The number of hydrogen-bond donors (Lipinski definition) is 3. The van der Waals surface area contributed by atoms with Gasteiger partial charge in [-0.05, 0) is 26.0 Å². The van der Waals surface area contributed by atoms with E-state index in [0.717, 1.165) is 27.2 Å². The molecule has 0 bridgehead atoms. The summed E-state index contributed by atoms with van der Waals surface area (Å²) >= 11 is 0. The fourth-order valence-electron chi connectivity index (χ4n) is 3.19. The molecule has 2 aromatic rings. The SMILES string of the molecule is CCc1oc2ccccc2c1/C=C/C(=O)NNC(=O)CCN1C(=O)NC(C)(C)C1=O. The molecule has 1 fully saturated rings. The van der Waals surface area contributed by atoms with E-state index in [4.69, 9.17) is 4.42 Å². The molecule has 9 nitrogen and oxygen atoms in total. The lowest BCUT2D eigenvalue weighted by atomic mass is 10.1. The predicted octanol–water partition coefficient (Wildman–Crippen LogP) is 1.88. The number of rotatable bonds is 6. The number of nitrogens with one attached hydrogen (secondary N) is 3. The Bertz CT molecular complexity index is 1040. The van der Waals surface area contributed by atoms with Gasteiger partial charge < -0.3 is 9.73 Å². The second kappa shape index (κ2) is 8.40. The number of aryl methyl sites for hydroxylation is 1. The zero-order valence-corrected chi connectivity index (χ0v) is 17.1. The molecule has 0 saturated carbocycles. The number of furan rings is 1. The lowest BCUT2D eigenvalue weighted by Crippen LogP contribution is -2.43. The molecule has 1 aromatic heterocycles. The first-order chi connectivity index (χ1) is 14.2. The summed E-state index contributed by atoms with van der Waals surface area (Å²) < 4.78 is 5.77. The van der Waals surface area contributed by atoms with Crippen LogP contribution in [0.2, 0.25) is 0 Å². The number of amides is 5. The zero-order chi connectivity index (χ0) is 21.9. The molecule has 1 aliphatic heterocycles. The van der Waals surface area contributed by atoms with Gasteiger partial charge in [-0.1, -0.05) is 25.1 Å². The standard InChI is InChI=1S/C21H24N4O5/c1-4-15-14(13-7-5-6-8-16(13)30-15)9-10-17(26)23-24-18(27)11-12-25-19(28)21(2,3)22-20(25)29/h5-10H,4,11-12H2,1-3H3,(H,22,29)(H,23,26)(H,24,27)/b10-9+. The highest BCUT2D eigenvalue weighted by Gasteiger charge is 2.43. The largest absolute Gasteiger partial charge is 0.460 e. The summed E-state index contributed by atoms with van der Waals surface area (Å²) in [6.07, 6.45) is 3.48. The summed E-state index contributed by atoms with van der Waals surface area (Å²) in [6.45, 7) is 5.06. The summed E-state index contributed by atoms with van der Waals surface area (Å²) in [7, 11) is 0. The quantitative estimate of drug-likeness (QED) is 0.380. The Morgan fingerprint density at radius 1 is 1.20 bits per heavy atom. The van der Waals surface area contributed by atoms with Crippen LogP contribution in [0, 0.1) is 0 Å². The molecule has 0 aliphatic carbocycles. The van der Waals surface area contributed by atoms with Crippen LogP contribution in [0.15, 0.2) is 34.8 Å². The van der Waals surface area contributed by atoms with Crippen molar-refractivity contribution >= 4 is 40.8 Å². The minimum atomic E-state index is -0.985. The van der Waals surface area contributed by atoms with Crippen LogP contribution < -0.4 is 16.2 Å². The van der Waals surface area contributed by atoms with E-state index in [1.54, 1.807) is 19.9 Å². The second-order valence-electron chi connectivity index (χ2n) is 7.42. The van der Waals surface area contributed by atoms with Crippen LogP contribution in [0.5, 0.6) is 0 Å². The fraction of sp³-hybridized carbons (Fsp3) is 0.333. The molecule has 1 saturated heterocycles. The van der Waals surface area contributed by atoms with Crippen LogP contribution >= 0.6 is 0 Å². The minimum absolute atomic E-state index is 0.0769. The Hall–Kier alpha value is -3.62. The molecule has 1 aromatic carbocycles. The van der Waals surface area contributed by atoms with Crippen LogP contribution in [0.3, 0.4) is 0 Å². The van der Waals surface area contributed by atoms with Gasteiger partial charge in [0.2, 0.25) is 5.91 Å². The number of nitrogens with zero attached hydrogens (tertiary/aromatic N) is 1. The lowest BCUT2D eigenvalue weighted by Gasteiger charge is -2.15. The second-order valence-corrected chi connectivity index (χ2v) is 7.42. The maximum atomic E-state index is 12.1. The van der Waals surface area contributed by atoms with Gasteiger partial charge in [-0.2, -0.15) is 0 Å². The number of imide groups is 1. The van der Waals surface area contributed by atoms with Crippen LogP contribution in [0.1, 0.15) is 38.5 Å². The number of para-hydroxylation sites is 1. The van der Waals surface area contributed by atoms with E-state index in [1.807, 2.05) is 31.2 Å². The highest BCUT2D eigenvalue weighted by molar-refractivity contribution is 6.06. The summed E-state index contributed by atoms with van der Waals surface area (Å²) in [4.78, 5) is 48.9. The number of hydrazine groups is 1. The molecule has 1 aliphatic rings. The van der Waals surface area contributed by atoms with Gasteiger partial charge in [0.1, 0.15) is 16.9 Å². The van der Waals surface area contributed by atoms with Crippen molar-refractivity contribution in [3.63, 3.8) is 0 Å². The average Bonchev–Trinajstić information content (AvgIpc) is 3.16. The van der Waals surface area contributed by atoms with Crippen molar-refractivity contribution in [1.82, 2.24) is 21.1 Å². The zero-order valence-electron chi connectivity index (χ0n) is 17.1. The van der Waals surface area contributed by atoms with Crippen LogP contribution in [-0.4, -0.2) is 40.7 Å². The first-order valence-electron chi connectivity index (χ1n) is 9.64. The number of urea groups is 1. The predicted molar refractivity (Wildman–Crippen MR) is 110 cm³/mol. The Morgan fingerprint density at radius 2 is 1.93 bits per heavy atom. The number of fused-ring (bicyclic) bond motifs is 1. The van der Waals surface area contributed by atoms with Gasteiger partial charge in [0, 0.05) is 36.4 Å². The number of hydrogen-bond acceptors (Lipinski definition) is 5. The summed E-state index contributed by atoms with van der Waals surface area (Å²) in [5.74, 6) is -0.677. The maximum Gasteiger partial charge on any atom is 0.325 e. The highest BCUT2D eigenvalue weighted by Crippen LogP contribution is 2.27. The third kappa shape index (κ3) is 4.35. The molecular formula is C21H24N4O5. The first-order valence-corrected chi connectivity index (χ1v) is 9.64. The van der Waals surface area contributed by atoms with Gasteiger partial charge in [-0.3, -0.25) is 30.1 Å². The van der Waals surface area contributed by atoms with Crippen molar-refractivity contribution in [1.29, 1.82) is 0 Å². The first kappa shape index (κ1) is 21.1. The van der Waals surface area contributed by atoms with Gasteiger partial charge in [-0.25, -0.2) is 4.79 Å². The van der Waals surface area contributed by atoms with Crippen molar-refractivity contribution in [2.24, 2.45) is 0 Å². The Labute approximate surface area is 173 Å². The third-order valence-electron chi connectivity index (χ3n) is 4.77. The molecule has 0 atom stereocenters. The molecule has 3 N–H and O–H groups in total. The van der Waals surface area contributed by atoms with E-state index in [-0.39, 0.29) is 13.0 Å². The highest BCUT2D eigenvalue weighted by atomic mass is 16.3. The molecule has 0 radical (unpaired) electrons. The van der Waals surface area contributed by atoms with Crippen molar-refractivity contribution in [2.45, 2.75) is 39.2 Å². The van der Waals surface area contributed by atoms with E-state index in [0.29, 0.717) is 6.42 Å². The molecule has 9 heteroatoms.